The molecule has 0 atom stereocenters. The first-order chi connectivity index (χ1) is 20.1. The maximum atomic E-state index is 14.0. The number of likely N-dealkylation sites (N-methyl/N-ethyl adjacent to an activating group) is 1. The number of nitrogens with one attached hydrogen (secondary N) is 1. The highest BCUT2D eigenvalue weighted by Crippen LogP contribution is 2.38. The summed E-state index contributed by atoms with van der Waals surface area (Å²) in [4.78, 5) is 14.8. The molecular formula is C33H35ClFN7. The summed E-state index contributed by atoms with van der Waals surface area (Å²) in [7, 11) is 2.16. The van der Waals surface area contributed by atoms with E-state index >= 15 is 0 Å². The van der Waals surface area contributed by atoms with Gasteiger partial charge in [0.05, 0.1) is 22.5 Å². The summed E-state index contributed by atoms with van der Waals surface area (Å²) < 4.78 is 16.0. The molecule has 1 aliphatic carbocycles. The molecule has 216 valence electrons. The lowest BCUT2D eigenvalue weighted by molar-refractivity contribution is 0.311. The molecule has 9 heteroatoms. The third kappa shape index (κ3) is 5.56. The number of aromatic nitrogens is 4. The summed E-state index contributed by atoms with van der Waals surface area (Å²) >= 11 is 0. The predicted octanol–water partition coefficient (Wildman–Crippen LogP) is 6.79. The first-order valence-corrected chi connectivity index (χ1v) is 14.5. The van der Waals surface area contributed by atoms with Crippen LogP contribution < -0.4 is 10.2 Å². The number of piperazine rings is 1. The Hall–Kier alpha value is -4.01. The molecule has 4 heterocycles. The van der Waals surface area contributed by atoms with Gasteiger partial charge in [-0.3, -0.25) is 0 Å². The number of benzene rings is 2. The van der Waals surface area contributed by atoms with E-state index in [2.05, 4.69) is 58.6 Å². The van der Waals surface area contributed by atoms with E-state index in [0.29, 0.717) is 12.0 Å². The van der Waals surface area contributed by atoms with E-state index in [1.165, 1.54) is 25.0 Å². The van der Waals surface area contributed by atoms with E-state index in [4.69, 9.17) is 15.1 Å². The van der Waals surface area contributed by atoms with Crippen LogP contribution in [0, 0.1) is 5.82 Å². The van der Waals surface area contributed by atoms with Gasteiger partial charge in [-0.05, 0) is 62.4 Å². The average molecular weight is 584 g/mol. The van der Waals surface area contributed by atoms with E-state index in [-0.39, 0.29) is 18.2 Å². The summed E-state index contributed by atoms with van der Waals surface area (Å²) in [6, 6.07) is 25.6. The van der Waals surface area contributed by atoms with Crippen molar-refractivity contribution in [1.82, 2.24) is 24.5 Å². The van der Waals surface area contributed by atoms with Gasteiger partial charge in [0.1, 0.15) is 17.3 Å². The topological polar surface area (TPSA) is 61.6 Å². The second kappa shape index (κ2) is 12.1. The lowest BCUT2D eigenvalue weighted by Gasteiger charge is -2.33. The minimum Gasteiger partial charge on any atom is -0.354 e. The van der Waals surface area contributed by atoms with Crippen molar-refractivity contribution in [2.75, 3.05) is 43.4 Å². The molecular weight excluding hydrogens is 549 g/mol. The van der Waals surface area contributed by atoms with Crippen LogP contribution in [0.2, 0.25) is 0 Å². The number of hydrogen-bond acceptors (Lipinski definition) is 6. The molecule has 2 fully saturated rings. The van der Waals surface area contributed by atoms with Crippen molar-refractivity contribution in [3.63, 3.8) is 0 Å². The molecule has 7 nitrogen and oxygen atoms in total. The molecule has 42 heavy (non-hydrogen) atoms. The molecule has 1 aliphatic heterocycles. The third-order valence-corrected chi connectivity index (χ3v) is 8.32. The van der Waals surface area contributed by atoms with Gasteiger partial charge in [-0.25, -0.2) is 18.9 Å². The van der Waals surface area contributed by atoms with Crippen LogP contribution in [-0.2, 0) is 0 Å². The van der Waals surface area contributed by atoms with E-state index in [1.54, 1.807) is 12.1 Å². The zero-order valence-electron chi connectivity index (χ0n) is 23.7. The van der Waals surface area contributed by atoms with Crippen LogP contribution in [0.4, 0.5) is 16.2 Å². The molecule has 0 bridgehead atoms. The van der Waals surface area contributed by atoms with Crippen LogP contribution in [-0.4, -0.2) is 63.8 Å². The molecule has 1 N–H and O–H groups in total. The van der Waals surface area contributed by atoms with Gasteiger partial charge in [-0.1, -0.05) is 49.2 Å². The van der Waals surface area contributed by atoms with E-state index in [9.17, 15) is 4.39 Å². The fourth-order valence-corrected chi connectivity index (χ4v) is 6.04. The van der Waals surface area contributed by atoms with Crippen molar-refractivity contribution in [3.8, 4) is 33.8 Å². The molecule has 3 aromatic heterocycles. The molecule has 0 spiro atoms. The van der Waals surface area contributed by atoms with Crippen LogP contribution in [0.1, 0.15) is 25.7 Å². The SMILES string of the molecule is CN1CCN(c2cccc3c(-c4cc(-c5ccccc5)nc(NC5CCCC5)n4)c(-c4ccc(F)cc4)nn23)CC1.Cl. The number of nitrogens with zero attached hydrogens (tertiary/aromatic N) is 6. The summed E-state index contributed by atoms with van der Waals surface area (Å²) in [6.45, 7) is 3.85. The normalized spacial score (nSPS) is 16.1. The van der Waals surface area contributed by atoms with Crippen molar-refractivity contribution in [2.24, 2.45) is 0 Å². The van der Waals surface area contributed by atoms with Crippen LogP contribution in [0.3, 0.4) is 0 Å². The number of anilines is 2. The van der Waals surface area contributed by atoms with Crippen molar-refractivity contribution in [2.45, 2.75) is 31.7 Å². The minimum absolute atomic E-state index is 0. The summed E-state index contributed by atoms with van der Waals surface area (Å²) in [5.41, 5.74) is 6.19. The van der Waals surface area contributed by atoms with Crippen LogP contribution >= 0.6 is 12.4 Å². The fourth-order valence-electron chi connectivity index (χ4n) is 6.04. The van der Waals surface area contributed by atoms with Crippen LogP contribution in [0.25, 0.3) is 39.3 Å². The number of halogens is 2. The first kappa shape index (κ1) is 28.1. The van der Waals surface area contributed by atoms with Crippen LogP contribution in [0.5, 0.6) is 0 Å². The largest absolute Gasteiger partial charge is 0.354 e. The zero-order chi connectivity index (χ0) is 27.8. The Bertz CT molecular complexity index is 1660. The monoisotopic (exact) mass is 583 g/mol. The van der Waals surface area contributed by atoms with E-state index in [0.717, 1.165) is 84.1 Å². The van der Waals surface area contributed by atoms with E-state index < -0.39 is 0 Å². The highest BCUT2D eigenvalue weighted by Gasteiger charge is 2.24. The minimum atomic E-state index is -0.270. The zero-order valence-corrected chi connectivity index (χ0v) is 24.5. The molecule has 7 rings (SSSR count). The molecule has 1 saturated heterocycles. The second-order valence-electron chi connectivity index (χ2n) is 11.2. The Morgan fingerprint density at radius 1 is 0.786 bits per heavy atom. The van der Waals surface area contributed by atoms with Crippen molar-refractivity contribution >= 4 is 29.7 Å². The Labute approximate surface area is 251 Å². The second-order valence-corrected chi connectivity index (χ2v) is 11.2. The number of fused-ring (bicyclic) bond motifs is 1. The van der Waals surface area contributed by atoms with Gasteiger partial charge >= 0.3 is 0 Å². The maximum Gasteiger partial charge on any atom is 0.224 e. The molecule has 1 saturated carbocycles. The van der Waals surface area contributed by atoms with Crippen molar-refractivity contribution < 1.29 is 4.39 Å². The van der Waals surface area contributed by atoms with Gasteiger partial charge in [0.25, 0.3) is 0 Å². The van der Waals surface area contributed by atoms with Gasteiger partial charge in [-0.15, -0.1) is 12.4 Å². The highest BCUT2D eigenvalue weighted by molar-refractivity contribution is 5.92. The molecule has 2 aromatic carbocycles. The Balaban J connectivity index is 0.00000316. The lowest BCUT2D eigenvalue weighted by Crippen LogP contribution is -2.45. The van der Waals surface area contributed by atoms with Crippen molar-refractivity contribution in [1.29, 1.82) is 0 Å². The van der Waals surface area contributed by atoms with Gasteiger partial charge in [0.15, 0.2) is 0 Å². The smallest absolute Gasteiger partial charge is 0.224 e. The summed E-state index contributed by atoms with van der Waals surface area (Å²) in [6.07, 6.45) is 4.70. The number of rotatable bonds is 6. The fraction of sp³-hybridized carbons (Fsp3) is 0.303. The number of hydrogen-bond donors (Lipinski definition) is 1. The van der Waals surface area contributed by atoms with Gasteiger partial charge in [0.2, 0.25) is 5.95 Å². The Morgan fingerprint density at radius 3 is 2.24 bits per heavy atom. The quantitative estimate of drug-likeness (QED) is 0.237. The average Bonchev–Trinajstić information content (AvgIpc) is 3.66. The first-order valence-electron chi connectivity index (χ1n) is 14.5. The van der Waals surface area contributed by atoms with E-state index in [1.807, 2.05) is 22.7 Å². The van der Waals surface area contributed by atoms with Gasteiger partial charge in [-0.2, -0.15) is 5.10 Å². The summed E-state index contributed by atoms with van der Waals surface area (Å²) in [5.74, 6) is 1.41. The Kier molecular flexibility index (Phi) is 8.09. The standard InChI is InChI=1S/C33H34FN7.ClH/c1-39-18-20-40(21-19-39)30-13-7-12-29-31(32(38-41(29)30)24-14-16-25(34)17-15-24)28-22-27(23-8-3-2-4-9-23)36-33(37-28)35-26-10-5-6-11-26;/h2-4,7-9,12-17,22,26H,5-6,10-11,18-21H2,1H3,(H,35,36,37);1H. The summed E-state index contributed by atoms with van der Waals surface area (Å²) in [5, 5.41) is 8.80. The molecule has 0 unspecified atom stereocenters. The van der Waals surface area contributed by atoms with Gasteiger partial charge < -0.3 is 15.1 Å². The maximum absolute atomic E-state index is 14.0. The van der Waals surface area contributed by atoms with Crippen molar-refractivity contribution in [3.05, 3.63) is 84.7 Å². The highest BCUT2D eigenvalue weighted by atomic mass is 35.5. The van der Waals surface area contributed by atoms with Crippen LogP contribution in [0.15, 0.2) is 78.9 Å². The molecule has 0 radical (unpaired) electrons. The molecule has 2 aliphatic rings. The Morgan fingerprint density at radius 2 is 1.50 bits per heavy atom. The number of pyridine rings is 1. The lowest BCUT2D eigenvalue weighted by atomic mass is 10.0. The van der Waals surface area contributed by atoms with Gasteiger partial charge in [0, 0.05) is 43.3 Å². The molecule has 0 amide bonds. The predicted molar refractivity (Wildman–Crippen MR) is 170 cm³/mol. The molecule has 5 aromatic rings. The third-order valence-electron chi connectivity index (χ3n) is 8.32.